The Bertz CT molecular complexity index is 819. The number of nitrogens with zero attached hydrogens (tertiary/aromatic N) is 1. The van der Waals surface area contributed by atoms with E-state index in [0.717, 1.165) is 29.7 Å². The molecule has 2 aromatic rings. The van der Waals surface area contributed by atoms with Gasteiger partial charge in [-0.25, -0.2) is 4.79 Å². The molecule has 128 valence electrons. The number of rotatable bonds is 3. The SMILES string of the molecule is CC(=O)NC[C@@H]1OC(=O)N2c3ccc(-c4ccccc4)cc3CC[C@@H]12. The molecule has 2 atom stereocenters. The molecule has 0 bridgehead atoms. The Labute approximate surface area is 146 Å². The standard InChI is InChI=1S/C20H20N2O3/c1-13(23)21-12-19-18-10-8-16-11-15(14-5-3-2-4-6-14)7-9-17(16)22(18)20(24)25-19/h2-7,9,11,18-19H,8,10,12H2,1H3,(H,21,23)/t18-,19-/m0/s1. The van der Waals surface area contributed by atoms with E-state index in [-0.39, 0.29) is 24.1 Å². The first kappa shape index (κ1) is 15.7. The van der Waals surface area contributed by atoms with Crippen molar-refractivity contribution in [1.82, 2.24) is 5.32 Å². The van der Waals surface area contributed by atoms with E-state index in [1.165, 1.54) is 12.5 Å². The summed E-state index contributed by atoms with van der Waals surface area (Å²) in [5.74, 6) is -0.113. The van der Waals surface area contributed by atoms with E-state index < -0.39 is 0 Å². The lowest BCUT2D eigenvalue weighted by molar-refractivity contribution is -0.119. The molecule has 1 N–H and O–H groups in total. The van der Waals surface area contributed by atoms with Crippen LogP contribution in [0.5, 0.6) is 0 Å². The van der Waals surface area contributed by atoms with E-state index in [9.17, 15) is 9.59 Å². The third-order valence-corrected chi connectivity index (χ3v) is 4.92. The summed E-state index contributed by atoms with van der Waals surface area (Å²) in [6, 6.07) is 16.4. The molecule has 2 aliphatic rings. The lowest BCUT2D eigenvalue weighted by Crippen LogP contribution is -2.44. The van der Waals surface area contributed by atoms with Crippen molar-refractivity contribution >= 4 is 17.7 Å². The van der Waals surface area contributed by atoms with Crippen LogP contribution in [0, 0.1) is 0 Å². The molecule has 0 spiro atoms. The molecule has 4 rings (SSSR count). The van der Waals surface area contributed by atoms with Gasteiger partial charge in [0.2, 0.25) is 5.91 Å². The number of cyclic esters (lactones) is 1. The first-order chi connectivity index (χ1) is 12.1. The summed E-state index contributed by atoms with van der Waals surface area (Å²) >= 11 is 0. The van der Waals surface area contributed by atoms with Gasteiger partial charge in [0, 0.05) is 6.92 Å². The number of amides is 2. The number of hydrogen-bond donors (Lipinski definition) is 1. The van der Waals surface area contributed by atoms with Gasteiger partial charge in [-0.2, -0.15) is 0 Å². The maximum absolute atomic E-state index is 12.4. The molecule has 2 aliphatic heterocycles. The Hall–Kier alpha value is -2.82. The number of benzene rings is 2. The average Bonchev–Trinajstić information content (AvgIpc) is 2.96. The van der Waals surface area contributed by atoms with Gasteiger partial charge in [0.25, 0.3) is 0 Å². The van der Waals surface area contributed by atoms with Crippen LogP contribution in [0.3, 0.4) is 0 Å². The van der Waals surface area contributed by atoms with Crippen LogP contribution in [0.25, 0.3) is 11.1 Å². The molecule has 0 aliphatic carbocycles. The fourth-order valence-corrected chi connectivity index (χ4v) is 3.71. The van der Waals surface area contributed by atoms with E-state index in [0.29, 0.717) is 6.54 Å². The van der Waals surface area contributed by atoms with Gasteiger partial charge in [0.1, 0.15) is 6.10 Å². The zero-order valence-corrected chi connectivity index (χ0v) is 14.1. The van der Waals surface area contributed by atoms with Crippen molar-refractivity contribution in [3.63, 3.8) is 0 Å². The van der Waals surface area contributed by atoms with E-state index >= 15 is 0 Å². The summed E-state index contributed by atoms with van der Waals surface area (Å²) in [6.45, 7) is 1.83. The molecular formula is C20H20N2O3. The van der Waals surface area contributed by atoms with Crippen LogP contribution in [0.4, 0.5) is 10.5 Å². The third-order valence-electron chi connectivity index (χ3n) is 4.92. The van der Waals surface area contributed by atoms with Gasteiger partial charge in [-0.05, 0) is 41.7 Å². The van der Waals surface area contributed by atoms with Crippen LogP contribution < -0.4 is 10.2 Å². The van der Waals surface area contributed by atoms with Crippen molar-refractivity contribution in [1.29, 1.82) is 0 Å². The summed E-state index contributed by atoms with van der Waals surface area (Å²) in [5.41, 5.74) is 4.40. The van der Waals surface area contributed by atoms with Crippen molar-refractivity contribution in [2.75, 3.05) is 11.4 Å². The Balaban J connectivity index is 1.62. The number of ether oxygens (including phenoxy) is 1. The molecule has 2 aromatic carbocycles. The molecule has 25 heavy (non-hydrogen) atoms. The summed E-state index contributed by atoms with van der Waals surface area (Å²) in [7, 11) is 0. The molecule has 1 saturated heterocycles. The molecular weight excluding hydrogens is 316 g/mol. The van der Waals surface area contributed by atoms with Crippen molar-refractivity contribution in [2.24, 2.45) is 0 Å². The van der Waals surface area contributed by atoms with Crippen LogP contribution in [0.2, 0.25) is 0 Å². The van der Waals surface area contributed by atoms with Crippen molar-refractivity contribution in [2.45, 2.75) is 31.9 Å². The first-order valence-corrected chi connectivity index (χ1v) is 8.56. The minimum Gasteiger partial charge on any atom is -0.442 e. The molecule has 1 fully saturated rings. The average molecular weight is 336 g/mol. The van der Waals surface area contributed by atoms with Crippen LogP contribution >= 0.6 is 0 Å². The minimum absolute atomic E-state index is 0.0191. The number of nitrogens with one attached hydrogen (secondary N) is 1. The van der Waals surface area contributed by atoms with Crippen molar-refractivity contribution < 1.29 is 14.3 Å². The first-order valence-electron chi connectivity index (χ1n) is 8.56. The van der Waals surface area contributed by atoms with Gasteiger partial charge < -0.3 is 10.1 Å². The topological polar surface area (TPSA) is 58.6 Å². The molecule has 0 unspecified atom stereocenters. The van der Waals surface area contributed by atoms with Gasteiger partial charge in [-0.3, -0.25) is 9.69 Å². The number of anilines is 1. The van der Waals surface area contributed by atoms with E-state index in [2.05, 4.69) is 23.5 Å². The molecule has 0 saturated carbocycles. The number of carbonyl (C=O) groups is 2. The highest BCUT2D eigenvalue weighted by Gasteiger charge is 2.45. The number of fused-ring (bicyclic) bond motifs is 3. The molecule has 0 radical (unpaired) electrons. The Morgan fingerprint density at radius 2 is 2.00 bits per heavy atom. The van der Waals surface area contributed by atoms with Crippen molar-refractivity contribution in [3.8, 4) is 11.1 Å². The summed E-state index contributed by atoms with van der Waals surface area (Å²) < 4.78 is 5.50. The van der Waals surface area contributed by atoms with Gasteiger partial charge in [-0.1, -0.05) is 36.4 Å². The zero-order chi connectivity index (χ0) is 17.4. The lowest BCUT2D eigenvalue weighted by Gasteiger charge is -2.31. The lowest BCUT2D eigenvalue weighted by atomic mass is 9.91. The van der Waals surface area contributed by atoms with E-state index in [1.807, 2.05) is 30.3 Å². The quantitative estimate of drug-likeness (QED) is 0.937. The van der Waals surface area contributed by atoms with E-state index in [1.54, 1.807) is 4.90 Å². The minimum atomic E-state index is -0.325. The summed E-state index contributed by atoms with van der Waals surface area (Å²) in [6.07, 6.45) is 1.11. The molecule has 5 nitrogen and oxygen atoms in total. The Morgan fingerprint density at radius 1 is 1.20 bits per heavy atom. The predicted molar refractivity (Wildman–Crippen MR) is 95.4 cm³/mol. The third kappa shape index (κ3) is 2.86. The zero-order valence-electron chi connectivity index (χ0n) is 14.1. The molecule has 2 heterocycles. The highest BCUT2D eigenvalue weighted by molar-refractivity contribution is 5.93. The maximum atomic E-state index is 12.4. The van der Waals surface area contributed by atoms with Crippen LogP contribution in [-0.4, -0.2) is 30.7 Å². The highest BCUT2D eigenvalue weighted by atomic mass is 16.6. The van der Waals surface area contributed by atoms with Crippen LogP contribution in [-0.2, 0) is 16.0 Å². The van der Waals surface area contributed by atoms with Crippen LogP contribution in [0.1, 0.15) is 18.9 Å². The molecule has 5 heteroatoms. The number of carbonyl (C=O) groups excluding carboxylic acids is 2. The fourth-order valence-electron chi connectivity index (χ4n) is 3.71. The largest absolute Gasteiger partial charge is 0.442 e. The van der Waals surface area contributed by atoms with Gasteiger partial charge in [-0.15, -0.1) is 0 Å². The number of aryl methyl sites for hydroxylation is 1. The van der Waals surface area contributed by atoms with Gasteiger partial charge >= 0.3 is 6.09 Å². The fraction of sp³-hybridized carbons (Fsp3) is 0.300. The Morgan fingerprint density at radius 3 is 2.76 bits per heavy atom. The van der Waals surface area contributed by atoms with E-state index in [4.69, 9.17) is 4.74 Å². The molecule has 2 amide bonds. The van der Waals surface area contributed by atoms with Gasteiger partial charge in [0.05, 0.1) is 18.3 Å². The van der Waals surface area contributed by atoms with Gasteiger partial charge in [0.15, 0.2) is 0 Å². The number of hydrogen-bond acceptors (Lipinski definition) is 3. The molecule has 0 aromatic heterocycles. The van der Waals surface area contributed by atoms with Crippen molar-refractivity contribution in [3.05, 3.63) is 54.1 Å². The normalized spacial score (nSPS) is 21.3. The second-order valence-electron chi connectivity index (χ2n) is 6.54. The van der Waals surface area contributed by atoms with Crippen LogP contribution in [0.15, 0.2) is 48.5 Å². The maximum Gasteiger partial charge on any atom is 0.415 e. The Kier molecular flexibility index (Phi) is 3.92. The highest BCUT2D eigenvalue weighted by Crippen LogP contribution is 2.38. The predicted octanol–water partition coefficient (Wildman–Crippen LogP) is 3.13. The second kappa shape index (κ2) is 6.24. The monoisotopic (exact) mass is 336 g/mol. The smallest absolute Gasteiger partial charge is 0.415 e. The second-order valence-corrected chi connectivity index (χ2v) is 6.54. The summed E-state index contributed by atoms with van der Waals surface area (Å²) in [5, 5.41) is 2.75. The summed E-state index contributed by atoms with van der Waals surface area (Å²) in [4.78, 5) is 25.3.